The molecule has 0 saturated carbocycles. The van der Waals surface area contributed by atoms with Gasteiger partial charge in [-0.1, -0.05) is 12.1 Å². The number of amides is 1. The number of alkyl halides is 4. The van der Waals surface area contributed by atoms with Crippen molar-refractivity contribution >= 4 is 11.6 Å². The summed E-state index contributed by atoms with van der Waals surface area (Å²) in [5.74, 6) is 5.78. The molecular formula is C19H25F4N7O2. The number of nitrogens with zero attached hydrogens (tertiary/aromatic N) is 2. The average Bonchev–Trinajstić information content (AvgIpc) is 2.77. The monoisotopic (exact) mass is 459 g/mol. The lowest BCUT2D eigenvalue weighted by atomic mass is 10.2. The molecule has 9 nitrogen and oxygen atoms in total. The molecule has 13 heteroatoms. The van der Waals surface area contributed by atoms with Crippen molar-refractivity contribution < 1.29 is 27.1 Å². The maximum absolute atomic E-state index is 13.2. The van der Waals surface area contributed by atoms with Crippen molar-refractivity contribution in [3.63, 3.8) is 0 Å². The van der Waals surface area contributed by atoms with Gasteiger partial charge in [0.2, 0.25) is 5.91 Å². The van der Waals surface area contributed by atoms with Gasteiger partial charge in [0.15, 0.2) is 5.88 Å². The fourth-order valence-electron chi connectivity index (χ4n) is 2.69. The molecule has 0 spiro atoms. The van der Waals surface area contributed by atoms with Gasteiger partial charge >= 0.3 is 0 Å². The molecule has 176 valence electrons. The predicted molar refractivity (Wildman–Crippen MR) is 110 cm³/mol. The Labute approximate surface area is 181 Å². The van der Waals surface area contributed by atoms with Crippen molar-refractivity contribution in [3.05, 3.63) is 65.1 Å². The summed E-state index contributed by atoms with van der Waals surface area (Å²) in [6.45, 7) is 0.494. The minimum Gasteiger partial charge on any atom is -0.473 e. The highest BCUT2D eigenvalue weighted by atomic mass is 19.3. The summed E-state index contributed by atoms with van der Waals surface area (Å²) in [5, 5.41) is 3.46. The van der Waals surface area contributed by atoms with Crippen LogP contribution in [0.4, 0.5) is 23.2 Å². The molecule has 0 radical (unpaired) electrons. The van der Waals surface area contributed by atoms with Crippen molar-refractivity contribution in [2.45, 2.75) is 12.9 Å². The number of hydrogen-bond donors (Lipinski definition) is 5. The van der Waals surface area contributed by atoms with Crippen LogP contribution in [-0.4, -0.2) is 43.5 Å². The molecule has 0 bridgehead atoms. The summed E-state index contributed by atoms with van der Waals surface area (Å²) in [6.07, 6.45) is -3.05. The lowest BCUT2D eigenvalue weighted by molar-refractivity contribution is -0.123. The average molecular weight is 459 g/mol. The molecule has 0 atom stereocenters. The van der Waals surface area contributed by atoms with Gasteiger partial charge in [0.05, 0.1) is 29.4 Å². The van der Waals surface area contributed by atoms with Gasteiger partial charge in [0, 0.05) is 24.7 Å². The van der Waals surface area contributed by atoms with Gasteiger partial charge in [-0.25, -0.2) is 23.4 Å². The number of halogens is 4. The number of hydrogen-bond acceptors (Lipinski definition) is 8. The molecule has 1 fully saturated rings. The van der Waals surface area contributed by atoms with Crippen LogP contribution < -0.4 is 33.4 Å². The maximum atomic E-state index is 13.2. The maximum Gasteiger partial charge on any atom is 0.279 e. The van der Waals surface area contributed by atoms with Crippen LogP contribution in [0.1, 0.15) is 12.0 Å². The number of hydrazine groups is 1. The summed E-state index contributed by atoms with van der Waals surface area (Å²) in [7, 11) is 0. The minimum atomic E-state index is -3.05. The number of allylic oxidation sites excluding steroid dienone is 3. The molecule has 1 amide bonds. The summed E-state index contributed by atoms with van der Waals surface area (Å²) in [5.41, 5.74) is 15.8. The Hall–Kier alpha value is -3.61. The Morgan fingerprint density at radius 2 is 1.81 bits per heavy atom. The van der Waals surface area contributed by atoms with Crippen LogP contribution in [-0.2, 0) is 9.53 Å². The van der Waals surface area contributed by atoms with Gasteiger partial charge in [-0.3, -0.25) is 9.80 Å². The van der Waals surface area contributed by atoms with Gasteiger partial charge in [0.1, 0.15) is 6.61 Å². The fraction of sp³-hybridized carbons (Fsp3) is 0.316. The molecule has 1 aliphatic rings. The number of ether oxygens (including phenoxy) is 1. The molecular weight excluding hydrogens is 434 g/mol. The van der Waals surface area contributed by atoms with E-state index in [0.29, 0.717) is 13.1 Å². The van der Waals surface area contributed by atoms with E-state index in [9.17, 15) is 22.4 Å². The minimum absolute atomic E-state index is 0.0845. The highest BCUT2D eigenvalue weighted by Crippen LogP contribution is 2.24. The molecule has 1 aromatic rings. The van der Waals surface area contributed by atoms with Gasteiger partial charge < -0.3 is 32.2 Å². The first-order valence-corrected chi connectivity index (χ1v) is 9.37. The fourth-order valence-corrected chi connectivity index (χ4v) is 2.69. The number of carbonyl (C=O) groups is 1. The summed E-state index contributed by atoms with van der Waals surface area (Å²) < 4.78 is 57.1. The van der Waals surface area contributed by atoms with Gasteiger partial charge in [-0.2, -0.15) is 0 Å². The van der Waals surface area contributed by atoms with Crippen molar-refractivity contribution in [3.8, 4) is 0 Å². The Morgan fingerprint density at radius 3 is 2.38 bits per heavy atom. The van der Waals surface area contributed by atoms with Gasteiger partial charge in [-0.05, 0) is 18.2 Å². The second-order valence-electron chi connectivity index (χ2n) is 6.69. The zero-order chi connectivity index (χ0) is 23.8. The van der Waals surface area contributed by atoms with Crippen LogP contribution in [0.3, 0.4) is 0 Å². The van der Waals surface area contributed by atoms with Crippen LogP contribution in [0.5, 0.6) is 0 Å². The van der Waals surface area contributed by atoms with Crippen LogP contribution >= 0.6 is 0 Å². The topological polar surface area (TPSA) is 149 Å². The van der Waals surface area contributed by atoms with Gasteiger partial charge in [0.25, 0.3) is 12.9 Å². The quantitative estimate of drug-likeness (QED) is 0.120. The van der Waals surface area contributed by atoms with E-state index in [-0.39, 0.29) is 41.1 Å². The smallest absolute Gasteiger partial charge is 0.279 e. The SMILES string of the molecule is N/C(=C(/CO/C(N)=C/C=C(\N)N1CCNC(=O)C1)N(N)c1ccc(C(F)F)cc1)C(F)F. The third-order valence-corrected chi connectivity index (χ3v) is 4.48. The van der Waals surface area contributed by atoms with E-state index in [1.807, 2.05) is 0 Å². The lowest BCUT2D eigenvalue weighted by Gasteiger charge is -2.28. The Bertz CT molecular complexity index is 888. The molecule has 9 N–H and O–H groups in total. The second-order valence-corrected chi connectivity index (χ2v) is 6.69. The lowest BCUT2D eigenvalue weighted by Crippen LogP contribution is -2.48. The molecule has 0 unspecified atom stereocenters. The van der Waals surface area contributed by atoms with Crippen molar-refractivity contribution in [1.29, 1.82) is 0 Å². The highest BCUT2D eigenvalue weighted by Gasteiger charge is 2.20. The third-order valence-electron chi connectivity index (χ3n) is 4.48. The number of rotatable bonds is 9. The number of anilines is 1. The third kappa shape index (κ3) is 6.70. The highest BCUT2D eigenvalue weighted by molar-refractivity contribution is 5.79. The Balaban J connectivity index is 2.12. The van der Waals surface area contributed by atoms with E-state index in [4.69, 9.17) is 27.8 Å². The van der Waals surface area contributed by atoms with E-state index >= 15 is 0 Å². The second kappa shape index (κ2) is 11.1. The first-order chi connectivity index (χ1) is 15.1. The van der Waals surface area contributed by atoms with Crippen molar-refractivity contribution in [2.75, 3.05) is 31.3 Å². The van der Waals surface area contributed by atoms with E-state index in [0.717, 1.165) is 17.1 Å². The van der Waals surface area contributed by atoms with Crippen LogP contribution in [0, 0.1) is 0 Å². The van der Waals surface area contributed by atoms with Crippen LogP contribution in [0.2, 0.25) is 0 Å². The Kier molecular flexibility index (Phi) is 8.58. The number of benzene rings is 1. The first-order valence-electron chi connectivity index (χ1n) is 9.37. The molecule has 2 rings (SSSR count). The molecule has 0 aromatic heterocycles. The van der Waals surface area contributed by atoms with Crippen molar-refractivity contribution in [2.24, 2.45) is 23.0 Å². The number of nitrogens with one attached hydrogen (secondary N) is 1. The summed E-state index contributed by atoms with van der Waals surface area (Å²) >= 11 is 0. The summed E-state index contributed by atoms with van der Waals surface area (Å²) in [4.78, 5) is 13.0. The zero-order valence-electron chi connectivity index (χ0n) is 17.0. The predicted octanol–water partition coefficient (Wildman–Crippen LogP) is 0.788. The van der Waals surface area contributed by atoms with E-state index < -0.39 is 25.2 Å². The number of carbonyl (C=O) groups excluding carboxylic acids is 1. The van der Waals surface area contributed by atoms with E-state index in [1.54, 1.807) is 4.90 Å². The zero-order valence-corrected chi connectivity index (χ0v) is 17.0. The molecule has 1 aliphatic heterocycles. The normalized spacial score (nSPS) is 16.2. The van der Waals surface area contributed by atoms with Crippen molar-refractivity contribution in [1.82, 2.24) is 10.2 Å². The van der Waals surface area contributed by atoms with E-state index in [2.05, 4.69) is 5.32 Å². The van der Waals surface area contributed by atoms with Crippen LogP contribution in [0.25, 0.3) is 0 Å². The van der Waals surface area contributed by atoms with Gasteiger partial charge in [-0.15, -0.1) is 0 Å². The van der Waals surface area contributed by atoms with E-state index in [1.165, 1.54) is 24.3 Å². The number of piperazine rings is 1. The first kappa shape index (κ1) is 24.7. The molecule has 1 saturated heterocycles. The molecule has 1 heterocycles. The molecule has 32 heavy (non-hydrogen) atoms. The molecule has 1 aromatic carbocycles. The summed E-state index contributed by atoms with van der Waals surface area (Å²) in [6, 6.07) is 4.69. The number of nitrogens with two attached hydrogens (primary N) is 4. The standard InChI is InChI=1S/C19H25F4N7O2/c20-18(21)11-1-3-12(4-2-11)30(27)13(17(26)19(22)23)10-32-15(25)6-5-14(24)29-8-7-28-16(31)9-29/h1-6,18-19H,7-10,24-27H2,(H,28,31)/b14-5+,15-6+,17-13-. The van der Waals surface area contributed by atoms with Crippen LogP contribution in [0.15, 0.2) is 59.5 Å². The largest absolute Gasteiger partial charge is 0.473 e. The molecule has 0 aliphatic carbocycles. The Morgan fingerprint density at radius 1 is 1.16 bits per heavy atom.